The Hall–Kier alpha value is -0.840. The van der Waals surface area contributed by atoms with Crippen LogP contribution < -0.4 is 10.1 Å². The molecule has 0 aliphatic rings. The van der Waals surface area contributed by atoms with Gasteiger partial charge < -0.3 is 4.74 Å². The Labute approximate surface area is 145 Å². The van der Waals surface area contributed by atoms with Crippen LogP contribution in [-0.4, -0.2) is 6.09 Å². The Morgan fingerprint density at radius 1 is 0.810 bits per heavy atom. The number of nitrogens with one attached hydrogen (secondary N) is 1. The Kier molecular flexibility index (Phi) is 5.47. The van der Waals surface area contributed by atoms with Crippen LogP contribution in [0.5, 0.6) is 5.75 Å². The van der Waals surface area contributed by atoms with E-state index in [0.29, 0.717) is 5.02 Å². The van der Waals surface area contributed by atoms with Gasteiger partial charge in [-0.3, -0.25) is 5.32 Å². The van der Waals surface area contributed by atoms with Crippen LogP contribution in [0.4, 0.5) is 10.5 Å². The van der Waals surface area contributed by atoms with E-state index in [4.69, 9.17) is 62.7 Å². The van der Waals surface area contributed by atoms with E-state index in [2.05, 4.69) is 5.32 Å². The van der Waals surface area contributed by atoms with Gasteiger partial charge in [-0.1, -0.05) is 58.0 Å². The summed E-state index contributed by atoms with van der Waals surface area (Å²) in [7, 11) is 0. The van der Waals surface area contributed by atoms with Gasteiger partial charge in [0.2, 0.25) is 0 Å². The van der Waals surface area contributed by atoms with Crippen LogP contribution in [0.2, 0.25) is 25.1 Å². The van der Waals surface area contributed by atoms with Gasteiger partial charge in [-0.15, -0.1) is 0 Å². The van der Waals surface area contributed by atoms with Crippen molar-refractivity contribution in [2.24, 2.45) is 0 Å². The molecule has 8 heteroatoms. The predicted octanol–water partition coefficient (Wildman–Crippen LogP) is 6.56. The molecule has 0 radical (unpaired) electrons. The Bertz CT molecular complexity index is 705. The first-order chi connectivity index (χ1) is 9.86. The molecule has 0 atom stereocenters. The minimum absolute atomic E-state index is 0.232. The smallest absolute Gasteiger partial charge is 0.410 e. The standard InChI is InChI=1S/C13H6Cl5NO2/c14-7-2-1-6(3-8(7)15)21-13(20)19-12-5-10(17)9(16)4-11(12)18/h1-5H,(H,19,20). The molecule has 1 amide bonds. The van der Waals surface area contributed by atoms with Crippen LogP contribution in [0.15, 0.2) is 30.3 Å². The fourth-order valence-electron chi connectivity index (χ4n) is 1.40. The molecule has 21 heavy (non-hydrogen) atoms. The summed E-state index contributed by atoms with van der Waals surface area (Å²) in [4.78, 5) is 11.8. The van der Waals surface area contributed by atoms with Crippen molar-refractivity contribution in [2.45, 2.75) is 0 Å². The quantitative estimate of drug-likeness (QED) is 0.594. The normalized spacial score (nSPS) is 10.3. The van der Waals surface area contributed by atoms with Crippen molar-refractivity contribution in [2.75, 3.05) is 5.32 Å². The summed E-state index contributed by atoms with van der Waals surface area (Å²) in [6.07, 6.45) is -0.756. The molecule has 0 bridgehead atoms. The summed E-state index contributed by atoms with van der Waals surface area (Å²) < 4.78 is 5.05. The van der Waals surface area contributed by atoms with Crippen LogP contribution in [-0.2, 0) is 0 Å². The molecule has 110 valence electrons. The molecule has 3 nitrogen and oxygen atoms in total. The second-order valence-electron chi connectivity index (χ2n) is 3.84. The molecule has 1 N–H and O–H groups in total. The van der Waals surface area contributed by atoms with E-state index in [1.165, 1.54) is 30.3 Å². The molecule has 0 heterocycles. The molecule has 2 aromatic carbocycles. The van der Waals surface area contributed by atoms with Crippen LogP contribution in [0.1, 0.15) is 0 Å². The van der Waals surface area contributed by atoms with Crippen LogP contribution in [0.3, 0.4) is 0 Å². The lowest BCUT2D eigenvalue weighted by Crippen LogP contribution is -2.17. The van der Waals surface area contributed by atoms with E-state index in [9.17, 15) is 4.79 Å². The van der Waals surface area contributed by atoms with E-state index >= 15 is 0 Å². The van der Waals surface area contributed by atoms with E-state index < -0.39 is 6.09 Å². The SMILES string of the molecule is O=C(Nc1cc(Cl)c(Cl)cc1Cl)Oc1ccc(Cl)c(Cl)c1. The molecule has 0 aliphatic heterocycles. The minimum atomic E-state index is -0.756. The van der Waals surface area contributed by atoms with E-state index in [1.807, 2.05) is 0 Å². The summed E-state index contributed by atoms with van der Waals surface area (Å²) in [6.45, 7) is 0. The molecule has 2 rings (SSSR count). The zero-order chi connectivity index (χ0) is 15.6. The number of hydrogen-bond donors (Lipinski definition) is 1. The second-order valence-corrected chi connectivity index (χ2v) is 5.87. The van der Waals surface area contributed by atoms with Crippen molar-refractivity contribution >= 4 is 69.8 Å². The van der Waals surface area contributed by atoms with Gasteiger partial charge >= 0.3 is 6.09 Å². The molecule has 0 aliphatic carbocycles. The zero-order valence-electron chi connectivity index (χ0n) is 10.1. The third-order valence-corrected chi connectivity index (χ3v) is 4.12. The average molecular weight is 385 g/mol. The maximum absolute atomic E-state index is 11.8. The summed E-state index contributed by atoms with van der Waals surface area (Å²) >= 11 is 29.2. The second kappa shape index (κ2) is 6.95. The van der Waals surface area contributed by atoms with Crippen LogP contribution in [0.25, 0.3) is 0 Å². The number of rotatable bonds is 2. The first-order valence-electron chi connectivity index (χ1n) is 5.45. The summed E-state index contributed by atoms with van der Waals surface area (Å²) in [5, 5.41) is 3.85. The predicted molar refractivity (Wildman–Crippen MR) is 87.6 cm³/mol. The lowest BCUT2D eigenvalue weighted by Gasteiger charge is -2.09. The summed E-state index contributed by atoms with van der Waals surface area (Å²) in [6, 6.07) is 7.27. The van der Waals surface area contributed by atoms with Gasteiger partial charge in [-0.05, 0) is 24.3 Å². The number of halogens is 5. The maximum atomic E-state index is 11.8. The molecule has 0 saturated carbocycles. The van der Waals surface area contributed by atoms with Gasteiger partial charge in [-0.2, -0.15) is 0 Å². The number of anilines is 1. The van der Waals surface area contributed by atoms with Crippen molar-refractivity contribution in [1.29, 1.82) is 0 Å². The average Bonchev–Trinajstić information content (AvgIpc) is 2.40. The van der Waals surface area contributed by atoms with Gasteiger partial charge in [0, 0.05) is 6.07 Å². The fourth-order valence-corrected chi connectivity index (χ4v) is 2.28. The summed E-state index contributed by atoms with van der Waals surface area (Å²) in [5.41, 5.74) is 0.274. The number of benzene rings is 2. The molecule has 0 saturated heterocycles. The topological polar surface area (TPSA) is 38.3 Å². The van der Waals surface area contributed by atoms with Crippen molar-refractivity contribution in [3.8, 4) is 5.75 Å². The third-order valence-electron chi connectivity index (χ3n) is 2.35. The molecule has 0 spiro atoms. The lowest BCUT2D eigenvalue weighted by molar-refractivity contribution is 0.215. The molecule has 0 unspecified atom stereocenters. The highest BCUT2D eigenvalue weighted by molar-refractivity contribution is 6.44. The molecular weight excluding hydrogens is 379 g/mol. The minimum Gasteiger partial charge on any atom is -0.410 e. The van der Waals surface area contributed by atoms with Gasteiger partial charge in [-0.25, -0.2) is 4.79 Å². The maximum Gasteiger partial charge on any atom is 0.417 e. The van der Waals surface area contributed by atoms with Gasteiger partial charge in [0.1, 0.15) is 5.75 Å². The van der Waals surface area contributed by atoms with Crippen LogP contribution in [0, 0.1) is 0 Å². The monoisotopic (exact) mass is 383 g/mol. The number of ether oxygens (including phenoxy) is 1. The number of carbonyl (C=O) groups is 1. The van der Waals surface area contributed by atoms with E-state index in [-0.39, 0.29) is 31.5 Å². The van der Waals surface area contributed by atoms with E-state index in [0.717, 1.165) is 0 Å². The highest BCUT2D eigenvalue weighted by atomic mass is 35.5. The highest BCUT2D eigenvalue weighted by Gasteiger charge is 2.11. The van der Waals surface area contributed by atoms with Crippen molar-refractivity contribution in [1.82, 2.24) is 0 Å². The lowest BCUT2D eigenvalue weighted by atomic mass is 10.3. The number of hydrogen-bond acceptors (Lipinski definition) is 2. The Balaban J connectivity index is 2.11. The molecule has 0 aromatic heterocycles. The van der Waals surface area contributed by atoms with Crippen molar-refractivity contribution < 1.29 is 9.53 Å². The molecule has 0 fully saturated rings. The number of carbonyl (C=O) groups excluding carboxylic acids is 1. The highest BCUT2D eigenvalue weighted by Crippen LogP contribution is 2.32. The first kappa shape index (κ1) is 16.5. The largest absolute Gasteiger partial charge is 0.417 e. The van der Waals surface area contributed by atoms with Crippen LogP contribution >= 0.6 is 58.0 Å². The first-order valence-corrected chi connectivity index (χ1v) is 7.34. The van der Waals surface area contributed by atoms with Gasteiger partial charge in [0.05, 0.1) is 30.8 Å². The molecule has 2 aromatic rings. The third kappa shape index (κ3) is 4.31. The summed E-state index contributed by atoms with van der Waals surface area (Å²) in [5.74, 6) is 0.234. The van der Waals surface area contributed by atoms with Crippen molar-refractivity contribution in [3.05, 3.63) is 55.4 Å². The van der Waals surface area contributed by atoms with E-state index in [1.54, 1.807) is 0 Å². The fraction of sp³-hybridized carbons (Fsp3) is 0. The molecular formula is C13H6Cl5NO2. The van der Waals surface area contributed by atoms with Gasteiger partial charge in [0.15, 0.2) is 0 Å². The van der Waals surface area contributed by atoms with Crippen molar-refractivity contribution in [3.63, 3.8) is 0 Å². The zero-order valence-corrected chi connectivity index (χ0v) is 13.9. The number of amides is 1. The Morgan fingerprint density at radius 2 is 1.43 bits per heavy atom. The van der Waals surface area contributed by atoms with Gasteiger partial charge in [0.25, 0.3) is 0 Å². The Morgan fingerprint density at radius 3 is 2.10 bits per heavy atom.